The van der Waals surface area contributed by atoms with Gasteiger partial charge < -0.3 is 30.6 Å². The lowest BCUT2D eigenvalue weighted by Crippen LogP contribution is -2.44. The molecule has 48 heavy (non-hydrogen) atoms. The zero-order valence-electron chi connectivity index (χ0n) is 26.9. The van der Waals surface area contributed by atoms with Gasteiger partial charge in [-0.2, -0.15) is 0 Å². The fraction of sp³-hybridized carbons (Fsp3) is 0.361. The van der Waals surface area contributed by atoms with Crippen molar-refractivity contribution in [1.29, 1.82) is 0 Å². The highest BCUT2D eigenvalue weighted by Gasteiger charge is 2.53. The predicted molar refractivity (Wildman–Crippen MR) is 181 cm³/mol. The van der Waals surface area contributed by atoms with Gasteiger partial charge in [0.15, 0.2) is 5.60 Å². The van der Waals surface area contributed by atoms with Crippen LogP contribution in [-0.2, 0) is 33.1 Å². The molecule has 3 atom stereocenters. The zero-order valence-corrected chi connectivity index (χ0v) is 26.9. The standard InChI is InChI=1S/C36H41N5O7/c1-25(7-5-11-33(43)39(19-20-42)23-26-8-3-2-4-9-26)36(46)31-21-30(41(47)48)16-17-32(31)40(35(36)45)24-27-12-14-29(15-13-27)38-34(44)28-10-6-18-37-22-28/h2-5,7-9,12-17,21,25,28,37,42,46H,6,10-11,18-20,22-24H2,1H3,(H,38,44)/b7-5+/t25-,28?,36+/m0/s1. The number of rotatable bonds is 13. The van der Waals surface area contributed by atoms with Gasteiger partial charge in [-0.25, -0.2) is 0 Å². The van der Waals surface area contributed by atoms with Gasteiger partial charge in [-0.3, -0.25) is 24.5 Å². The Balaban J connectivity index is 1.31. The number of aliphatic hydroxyl groups excluding tert-OH is 1. The summed E-state index contributed by atoms with van der Waals surface area (Å²) in [5, 5.41) is 39.4. The van der Waals surface area contributed by atoms with Gasteiger partial charge in [0.2, 0.25) is 11.8 Å². The summed E-state index contributed by atoms with van der Waals surface area (Å²) in [4.78, 5) is 53.7. The summed E-state index contributed by atoms with van der Waals surface area (Å²) in [6, 6.07) is 20.5. The van der Waals surface area contributed by atoms with Crippen molar-refractivity contribution in [1.82, 2.24) is 10.2 Å². The SMILES string of the molecule is C[C@@H](/C=C/CC(=O)N(CCO)Cc1ccccc1)[C@]1(O)C(=O)N(Cc2ccc(NC(=O)C3CCCNC3)cc2)c2ccc([N+](=O)[O-])cc21. The van der Waals surface area contributed by atoms with E-state index in [0.29, 0.717) is 24.5 Å². The van der Waals surface area contributed by atoms with Crippen LogP contribution in [-0.4, -0.2) is 64.0 Å². The van der Waals surface area contributed by atoms with E-state index in [9.17, 15) is 34.7 Å². The fourth-order valence-electron chi connectivity index (χ4n) is 6.26. The Kier molecular flexibility index (Phi) is 11.0. The van der Waals surface area contributed by atoms with Crippen LogP contribution in [0.5, 0.6) is 0 Å². The van der Waals surface area contributed by atoms with Crippen LogP contribution < -0.4 is 15.5 Å². The molecular weight excluding hydrogens is 614 g/mol. The van der Waals surface area contributed by atoms with Crippen LogP contribution in [0.25, 0.3) is 0 Å². The van der Waals surface area contributed by atoms with Crippen molar-refractivity contribution in [3.05, 3.63) is 112 Å². The summed E-state index contributed by atoms with van der Waals surface area (Å²) in [6.07, 6.45) is 4.88. The average molecular weight is 656 g/mol. The molecular formula is C36H41N5O7. The van der Waals surface area contributed by atoms with Crippen LogP contribution >= 0.6 is 0 Å². The second-order valence-corrected chi connectivity index (χ2v) is 12.3. The Hall–Kier alpha value is -4.91. The first-order valence-electron chi connectivity index (χ1n) is 16.1. The largest absolute Gasteiger partial charge is 0.395 e. The van der Waals surface area contributed by atoms with E-state index >= 15 is 0 Å². The minimum atomic E-state index is -2.13. The van der Waals surface area contributed by atoms with Gasteiger partial charge in [-0.05, 0) is 48.7 Å². The van der Waals surface area contributed by atoms with Gasteiger partial charge in [0, 0.05) is 55.4 Å². The van der Waals surface area contributed by atoms with Crippen LogP contribution in [0, 0.1) is 22.0 Å². The lowest BCUT2D eigenvalue weighted by Gasteiger charge is -2.28. The average Bonchev–Trinajstić information content (AvgIpc) is 3.31. The molecule has 1 saturated heterocycles. The third-order valence-electron chi connectivity index (χ3n) is 9.01. The maximum atomic E-state index is 14.0. The third kappa shape index (κ3) is 7.62. The van der Waals surface area contributed by atoms with E-state index in [0.717, 1.165) is 30.5 Å². The molecule has 2 aliphatic rings. The number of nitro groups is 1. The number of fused-ring (bicyclic) bond motifs is 1. The normalized spacial score (nSPS) is 19.6. The van der Waals surface area contributed by atoms with Crippen molar-refractivity contribution in [2.75, 3.05) is 36.5 Å². The van der Waals surface area contributed by atoms with E-state index in [1.165, 1.54) is 28.0 Å². The van der Waals surface area contributed by atoms with Gasteiger partial charge in [0.1, 0.15) is 0 Å². The molecule has 0 saturated carbocycles. The fourth-order valence-corrected chi connectivity index (χ4v) is 6.26. The number of benzene rings is 3. The number of non-ortho nitro benzene ring substituents is 1. The molecule has 0 aromatic heterocycles. The molecule has 12 heteroatoms. The van der Waals surface area contributed by atoms with E-state index in [2.05, 4.69) is 10.6 Å². The minimum Gasteiger partial charge on any atom is -0.395 e. The van der Waals surface area contributed by atoms with Gasteiger partial charge in [-0.1, -0.05) is 61.5 Å². The summed E-state index contributed by atoms with van der Waals surface area (Å²) < 4.78 is 0. The number of piperidine rings is 1. The number of carbonyl (C=O) groups excluding carboxylic acids is 3. The van der Waals surface area contributed by atoms with E-state index in [-0.39, 0.29) is 55.1 Å². The lowest BCUT2D eigenvalue weighted by molar-refractivity contribution is -0.385. The summed E-state index contributed by atoms with van der Waals surface area (Å²) in [6.45, 7) is 3.53. The minimum absolute atomic E-state index is 0.0346. The molecule has 1 unspecified atom stereocenters. The van der Waals surface area contributed by atoms with Crippen LogP contribution in [0.1, 0.15) is 42.9 Å². The lowest BCUT2D eigenvalue weighted by atomic mass is 9.82. The highest BCUT2D eigenvalue weighted by Crippen LogP contribution is 2.47. The molecule has 0 aliphatic carbocycles. The Morgan fingerprint density at radius 2 is 1.90 bits per heavy atom. The van der Waals surface area contributed by atoms with Crippen LogP contribution in [0.15, 0.2) is 84.9 Å². The maximum absolute atomic E-state index is 14.0. The van der Waals surface area contributed by atoms with Crippen molar-refractivity contribution >= 4 is 34.8 Å². The number of nitrogens with zero attached hydrogens (tertiary/aromatic N) is 3. The van der Waals surface area contributed by atoms with Crippen molar-refractivity contribution in [2.24, 2.45) is 11.8 Å². The molecule has 2 heterocycles. The highest BCUT2D eigenvalue weighted by molar-refractivity contribution is 6.07. The van der Waals surface area contributed by atoms with E-state index in [1.54, 1.807) is 43.3 Å². The van der Waals surface area contributed by atoms with Crippen LogP contribution in [0.2, 0.25) is 0 Å². The third-order valence-corrected chi connectivity index (χ3v) is 9.01. The summed E-state index contributed by atoms with van der Waals surface area (Å²) >= 11 is 0. The summed E-state index contributed by atoms with van der Waals surface area (Å²) in [5.41, 5.74) is 0.344. The predicted octanol–water partition coefficient (Wildman–Crippen LogP) is 3.87. The molecule has 252 valence electrons. The molecule has 2 aliphatic heterocycles. The van der Waals surface area contributed by atoms with Crippen molar-refractivity contribution in [2.45, 2.75) is 44.9 Å². The highest BCUT2D eigenvalue weighted by atomic mass is 16.6. The second-order valence-electron chi connectivity index (χ2n) is 12.3. The monoisotopic (exact) mass is 655 g/mol. The molecule has 1 fully saturated rings. The second kappa shape index (κ2) is 15.3. The Labute approximate surface area is 279 Å². The number of amides is 3. The van der Waals surface area contributed by atoms with Gasteiger partial charge in [0.25, 0.3) is 11.6 Å². The Bertz CT molecular complexity index is 1660. The van der Waals surface area contributed by atoms with Gasteiger partial charge >= 0.3 is 0 Å². The molecule has 4 N–H and O–H groups in total. The molecule has 3 amide bonds. The molecule has 3 aromatic carbocycles. The van der Waals surface area contributed by atoms with Gasteiger partial charge in [-0.15, -0.1) is 0 Å². The van der Waals surface area contributed by atoms with Gasteiger partial charge in [0.05, 0.1) is 29.7 Å². The van der Waals surface area contributed by atoms with Crippen LogP contribution in [0.3, 0.4) is 0 Å². The Morgan fingerprint density at radius 3 is 2.56 bits per heavy atom. The Morgan fingerprint density at radius 1 is 1.15 bits per heavy atom. The number of anilines is 2. The quantitative estimate of drug-likeness (QED) is 0.122. The summed E-state index contributed by atoms with van der Waals surface area (Å²) in [7, 11) is 0. The molecule has 0 bridgehead atoms. The smallest absolute Gasteiger partial charge is 0.269 e. The molecule has 5 rings (SSSR count). The molecule has 12 nitrogen and oxygen atoms in total. The first-order chi connectivity index (χ1) is 23.1. The first-order valence-corrected chi connectivity index (χ1v) is 16.1. The van der Waals surface area contributed by atoms with E-state index in [1.807, 2.05) is 30.3 Å². The number of nitro benzene ring substituents is 1. The number of hydrogen-bond donors (Lipinski definition) is 4. The van der Waals surface area contributed by atoms with E-state index < -0.39 is 22.3 Å². The van der Waals surface area contributed by atoms with E-state index in [4.69, 9.17) is 0 Å². The van der Waals surface area contributed by atoms with Crippen LogP contribution in [0.4, 0.5) is 17.1 Å². The topological polar surface area (TPSA) is 165 Å². The zero-order chi connectivity index (χ0) is 34.3. The van der Waals surface area contributed by atoms with Crippen molar-refractivity contribution < 1.29 is 29.5 Å². The van der Waals surface area contributed by atoms with Crippen molar-refractivity contribution in [3.63, 3.8) is 0 Å². The number of aliphatic hydroxyl groups is 2. The maximum Gasteiger partial charge on any atom is 0.269 e. The number of nitrogens with one attached hydrogen (secondary N) is 2. The number of carbonyl (C=O) groups is 3. The number of hydrogen-bond acceptors (Lipinski definition) is 8. The van der Waals surface area contributed by atoms with Crippen molar-refractivity contribution in [3.8, 4) is 0 Å². The summed E-state index contributed by atoms with van der Waals surface area (Å²) in [5.74, 6) is -1.88. The molecule has 0 radical (unpaired) electrons. The molecule has 3 aromatic rings. The molecule has 0 spiro atoms. The first kappa shape index (κ1) is 34.4.